The maximum absolute atomic E-state index is 14.1. The van der Waals surface area contributed by atoms with Gasteiger partial charge in [0.15, 0.2) is 0 Å². The zero-order chi connectivity index (χ0) is 21.2. The number of Topliss-reactive ketones (excluding diaryl/α,β-unsaturated/α-hetero) is 1. The maximum atomic E-state index is 14.1. The van der Waals surface area contributed by atoms with Crippen molar-refractivity contribution in [3.63, 3.8) is 0 Å². The molecule has 0 amide bonds. The Kier molecular flexibility index (Phi) is 6.94. The lowest BCUT2D eigenvalue weighted by Gasteiger charge is -2.27. The third-order valence-electron chi connectivity index (χ3n) is 5.69. The number of aliphatic hydroxyl groups is 1. The minimum Gasteiger partial charge on any atom is -0.397 e. The summed E-state index contributed by atoms with van der Waals surface area (Å²) in [6.45, 7) is 13.4. The monoisotopic (exact) mass is 386 g/mol. The molecule has 0 bridgehead atoms. The highest BCUT2D eigenvalue weighted by Gasteiger charge is 2.26. The standard InChI is InChI=1S/C17H19FN2.C6H12O2/c1-8-5-6-12-9(2)13(18)7-14-16(12)15(8)10(3)17(20-14)11(4)19;1-3-6(8)5(2)4-7/h7-8H,4-6,19H2,1-3H3;5,7H,3-4H2,1-2H3/t8-;/m0./s1. The fourth-order valence-corrected chi connectivity index (χ4v) is 3.89. The van der Waals surface area contributed by atoms with E-state index in [0.717, 1.165) is 34.9 Å². The number of rotatable bonds is 4. The predicted molar refractivity (Wildman–Crippen MR) is 113 cm³/mol. The number of carbonyl (C=O) groups is 1. The van der Waals surface area contributed by atoms with Gasteiger partial charge in [-0.15, -0.1) is 0 Å². The van der Waals surface area contributed by atoms with Crippen LogP contribution in [0.4, 0.5) is 4.39 Å². The smallest absolute Gasteiger partial charge is 0.137 e. The minimum atomic E-state index is -0.182. The van der Waals surface area contributed by atoms with Crippen LogP contribution in [0.2, 0.25) is 0 Å². The molecule has 1 aliphatic rings. The van der Waals surface area contributed by atoms with Crippen molar-refractivity contribution < 1.29 is 14.3 Å². The Morgan fingerprint density at radius 3 is 2.57 bits per heavy atom. The van der Waals surface area contributed by atoms with Gasteiger partial charge in [-0.2, -0.15) is 0 Å². The highest BCUT2D eigenvalue weighted by molar-refractivity contribution is 5.91. The Balaban J connectivity index is 0.000000300. The summed E-state index contributed by atoms with van der Waals surface area (Å²) in [7, 11) is 0. The quantitative estimate of drug-likeness (QED) is 0.807. The number of aliphatic hydroxyl groups excluding tert-OH is 1. The average molecular weight is 387 g/mol. The number of benzene rings is 1. The second-order valence-electron chi connectivity index (χ2n) is 7.72. The van der Waals surface area contributed by atoms with Crippen LogP contribution in [0.15, 0.2) is 12.6 Å². The van der Waals surface area contributed by atoms with Crippen molar-refractivity contribution in [1.29, 1.82) is 0 Å². The molecule has 3 N–H and O–H groups in total. The number of halogens is 1. The number of carbonyl (C=O) groups excluding carboxylic acids is 1. The van der Waals surface area contributed by atoms with Gasteiger partial charge in [0.25, 0.3) is 0 Å². The molecule has 1 aromatic carbocycles. The molecule has 1 unspecified atom stereocenters. The Bertz CT molecular complexity index is 921. The van der Waals surface area contributed by atoms with E-state index in [2.05, 4.69) is 18.5 Å². The third-order valence-corrected chi connectivity index (χ3v) is 5.69. The summed E-state index contributed by atoms with van der Waals surface area (Å²) in [6, 6.07) is 1.53. The van der Waals surface area contributed by atoms with Crippen LogP contribution in [0.1, 0.15) is 67.5 Å². The number of ketones is 1. The van der Waals surface area contributed by atoms with Crippen LogP contribution in [0.5, 0.6) is 0 Å². The van der Waals surface area contributed by atoms with Gasteiger partial charge in [0.2, 0.25) is 0 Å². The van der Waals surface area contributed by atoms with E-state index in [-0.39, 0.29) is 24.1 Å². The molecule has 0 saturated heterocycles. The van der Waals surface area contributed by atoms with Gasteiger partial charge in [-0.05, 0) is 54.9 Å². The van der Waals surface area contributed by atoms with Crippen LogP contribution >= 0.6 is 0 Å². The van der Waals surface area contributed by atoms with Gasteiger partial charge in [0.05, 0.1) is 23.5 Å². The van der Waals surface area contributed by atoms with Gasteiger partial charge >= 0.3 is 0 Å². The normalized spacial score (nSPS) is 16.3. The summed E-state index contributed by atoms with van der Waals surface area (Å²) in [5.41, 5.74) is 11.9. The number of nitrogens with two attached hydrogens (primary N) is 1. The summed E-state index contributed by atoms with van der Waals surface area (Å²) in [6.07, 6.45) is 2.48. The van der Waals surface area contributed by atoms with E-state index in [9.17, 15) is 9.18 Å². The van der Waals surface area contributed by atoms with Crippen LogP contribution in [0, 0.1) is 25.6 Å². The molecule has 1 aromatic heterocycles. The van der Waals surface area contributed by atoms with E-state index in [4.69, 9.17) is 10.8 Å². The summed E-state index contributed by atoms with van der Waals surface area (Å²) in [4.78, 5) is 15.1. The lowest BCUT2D eigenvalue weighted by atomic mass is 9.79. The van der Waals surface area contributed by atoms with Gasteiger partial charge in [0.1, 0.15) is 11.6 Å². The van der Waals surface area contributed by atoms with E-state index < -0.39 is 0 Å². The minimum absolute atomic E-state index is 0.0212. The molecule has 1 heterocycles. The number of pyridine rings is 1. The molecular weight excluding hydrogens is 355 g/mol. The zero-order valence-corrected chi connectivity index (χ0v) is 17.5. The third kappa shape index (κ3) is 4.09. The topological polar surface area (TPSA) is 76.2 Å². The first-order chi connectivity index (χ1) is 13.1. The number of hydrogen-bond acceptors (Lipinski definition) is 4. The highest BCUT2D eigenvalue weighted by atomic mass is 19.1. The Labute approximate surface area is 166 Å². The van der Waals surface area contributed by atoms with E-state index in [1.165, 1.54) is 11.6 Å². The molecule has 0 spiro atoms. The van der Waals surface area contributed by atoms with Crippen LogP contribution in [-0.2, 0) is 11.2 Å². The number of aromatic nitrogens is 1. The second kappa shape index (κ2) is 8.82. The molecule has 1 aliphatic carbocycles. The number of hydrogen-bond donors (Lipinski definition) is 2. The lowest BCUT2D eigenvalue weighted by molar-refractivity contribution is -0.123. The van der Waals surface area contributed by atoms with Crippen molar-refractivity contribution in [2.75, 3.05) is 6.61 Å². The first kappa shape index (κ1) is 22.0. The molecule has 0 radical (unpaired) electrons. The van der Waals surface area contributed by atoms with Gasteiger partial charge in [-0.1, -0.05) is 27.4 Å². The lowest BCUT2D eigenvalue weighted by Crippen LogP contribution is -2.14. The second-order valence-corrected chi connectivity index (χ2v) is 7.72. The van der Waals surface area contributed by atoms with Crippen molar-refractivity contribution in [1.82, 2.24) is 4.98 Å². The van der Waals surface area contributed by atoms with Crippen molar-refractivity contribution >= 4 is 22.4 Å². The molecule has 0 fully saturated rings. The molecule has 28 heavy (non-hydrogen) atoms. The molecule has 2 atom stereocenters. The Morgan fingerprint density at radius 2 is 2.07 bits per heavy atom. The van der Waals surface area contributed by atoms with Crippen LogP contribution in [0.25, 0.3) is 16.6 Å². The molecule has 0 aliphatic heterocycles. The first-order valence-corrected chi connectivity index (χ1v) is 9.84. The highest BCUT2D eigenvalue weighted by Crippen LogP contribution is 2.41. The molecule has 4 nitrogen and oxygen atoms in total. The maximum Gasteiger partial charge on any atom is 0.137 e. The Hall–Kier alpha value is -2.27. The van der Waals surface area contributed by atoms with E-state index in [1.54, 1.807) is 13.8 Å². The zero-order valence-electron chi connectivity index (χ0n) is 17.5. The molecule has 3 rings (SSSR count). The summed E-state index contributed by atoms with van der Waals surface area (Å²) >= 11 is 0. The Morgan fingerprint density at radius 1 is 1.43 bits per heavy atom. The number of aryl methyl sites for hydroxylation is 1. The summed E-state index contributed by atoms with van der Waals surface area (Å²) in [5.74, 6) is 0.224. The summed E-state index contributed by atoms with van der Waals surface area (Å²) < 4.78 is 14.1. The fraction of sp³-hybridized carbons (Fsp3) is 0.478. The molecule has 5 heteroatoms. The predicted octanol–water partition coefficient (Wildman–Crippen LogP) is 4.56. The van der Waals surface area contributed by atoms with E-state index in [1.807, 2.05) is 13.8 Å². The van der Waals surface area contributed by atoms with Crippen LogP contribution in [-0.4, -0.2) is 22.5 Å². The van der Waals surface area contributed by atoms with Gasteiger partial charge in [-0.3, -0.25) is 4.79 Å². The molecule has 2 aromatic rings. The van der Waals surface area contributed by atoms with Crippen molar-refractivity contribution in [2.45, 2.75) is 59.8 Å². The molecular formula is C23H31FN2O2. The van der Waals surface area contributed by atoms with Crippen molar-refractivity contribution in [3.8, 4) is 0 Å². The van der Waals surface area contributed by atoms with E-state index in [0.29, 0.717) is 29.2 Å². The van der Waals surface area contributed by atoms with Crippen LogP contribution in [0.3, 0.4) is 0 Å². The first-order valence-electron chi connectivity index (χ1n) is 9.84. The number of nitrogens with zero attached hydrogens (tertiary/aromatic N) is 1. The largest absolute Gasteiger partial charge is 0.397 e. The molecule has 0 saturated carbocycles. The van der Waals surface area contributed by atoms with Gasteiger partial charge < -0.3 is 10.8 Å². The van der Waals surface area contributed by atoms with Gasteiger partial charge in [0, 0.05) is 23.8 Å². The SMILES string of the molecule is C=C(N)c1nc2cc(F)c(C)c3c2c(c1C)[C@@H](C)CC3.CCC(=O)C(C)CO. The fourth-order valence-electron chi connectivity index (χ4n) is 3.89. The van der Waals surface area contributed by atoms with Crippen LogP contribution < -0.4 is 5.73 Å². The van der Waals surface area contributed by atoms with Crippen molar-refractivity contribution in [3.05, 3.63) is 46.4 Å². The summed E-state index contributed by atoms with van der Waals surface area (Å²) in [5, 5.41) is 9.55. The van der Waals surface area contributed by atoms with Gasteiger partial charge in [-0.25, -0.2) is 9.37 Å². The molecule has 152 valence electrons. The average Bonchev–Trinajstić information content (AvgIpc) is 2.67. The van der Waals surface area contributed by atoms with E-state index >= 15 is 0 Å². The van der Waals surface area contributed by atoms with Crippen molar-refractivity contribution in [2.24, 2.45) is 11.7 Å².